The van der Waals surface area contributed by atoms with Crippen molar-refractivity contribution in [1.29, 1.82) is 0 Å². The van der Waals surface area contributed by atoms with Crippen molar-refractivity contribution in [1.82, 2.24) is 4.90 Å². The molecule has 2 aromatic rings. The Bertz CT molecular complexity index is 1130. The second-order valence-electron chi connectivity index (χ2n) is 8.20. The van der Waals surface area contributed by atoms with Crippen LogP contribution in [-0.2, 0) is 15.8 Å². The van der Waals surface area contributed by atoms with E-state index in [4.69, 9.17) is 4.74 Å². The molecule has 12 heteroatoms. The lowest BCUT2D eigenvalue weighted by molar-refractivity contribution is -0.384. The Morgan fingerprint density at radius 2 is 1.71 bits per heavy atom. The zero-order chi connectivity index (χ0) is 25.3. The third kappa shape index (κ3) is 4.92. The van der Waals surface area contributed by atoms with E-state index in [1.165, 1.54) is 0 Å². The van der Waals surface area contributed by atoms with Gasteiger partial charge in [-0.3, -0.25) is 24.6 Å². The van der Waals surface area contributed by atoms with Gasteiger partial charge in [-0.1, -0.05) is 0 Å². The van der Waals surface area contributed by atoms with E-state index in [1.54, 1.807) is 29.2 Å². The van der Waals surface area contributed by atoms with Crippen molar-refractivity contribution >= 4 is 28.9 Å². The molecule has 2 aliphatic rings. The van der Waals surface area contributed by atoms with Crippen LogP contribution in [0.5, 0.6) is 5.75 Å². The zero-order valence-corrected chi connectivity index (χ0v) is 18.8. The molecule has 2 heterocycles. The topological polar surface area (TPSA) is 96.2 Å². The summed E-state index contributed by atoms with van der Waals surface area (Å²) in [4.78, 5) is 40.9. The summed E-state index contributed by atoms with van der Waals surface area (Å²) < 4.78 is 44.4. The Morgan fingerprint density at radius 1 is 1.06 bits per heavy atom. The molecular weight excluding hydrogens is 469 g/mol. The molecule has 2 saturated heterocycles. The summed E-state index contributed by atoms with van der Waals surface area (Å²) in [6.07, 6.45) is -4.68. The van der Waals surface area contributed by atoms with Gasteiger partial charge in [0.25, 0.3) is 11.6 Å². The normalized spacial score (nSPS) is 19.4. The third-order valence-electron chi connectivity index (χ3n) is 6.12. The highest BCUT2D eigenvalue weighted by molar-refractivity contribution is 6.22. The summed E-state index contributed by atoms with van der Waals surface area (Å²) in [5.74, 6) is -0.0570. The van der Waals surface area contributed by atoms with Crippen LogP contribution in [-0.4, -0.2) is 60.5 Å². The number of imide groups is 1. The molecular formula is C23H23F3N4O5. The smallest absolute Gasteiger partial charge is 0.416 e. The maximum absolute atomic E-state index is 13.1. The Morgan fingerprint density at radius 3 is 2.29 bits per heavy atom. The molecule has 0 aliphatic carbocycles. The molecule has 9 nitrogen and oxygen atoms in total. The summed E-state index contributed by atoms with van der Waals surface area (Å²) in [7, 11) is 0. The summed E-state index contributed by atoms with van der Waals surface area (Å²) >= 11 is 0. The van der Waals surface area contributed by atoms with Crippen LogP contribution < -0.4 is 14.5 Å². The van der Waals surface area contributed by atoms with Crippen LogP contribution in [0, 0.1) is 10.1 Å². The number of rotatable bonds is 6. The van der Waals surface area contributed by atoms with Crippen molar-refractivity contribution in [3.8, 4) is 5.75 Å². The molecule has 4 rings (SSSR count). The lowest BCUT2D eigenvalue weighted by atomic mass is 10.1. The Hall–Kier alpha value is -3.67. The number of nitro benzene ring substituents is 1. The number of ether oxygens (including phenoxy) is 1. The second kappa shape index (κ2) is 9.53. The first-order chi connectivity index (χ1) is 16.6. The van der Waals surface area contributed by atoms with Crippen LogP contribution in [0.4, 0.5) is 30.2 Å². The van der Waals surface area contributed by atoms with Gasteiger partial charge < -0.3 is 9.64 Å². The fourth-order valence-corrected chi connectivity index (χ4v) is 4.42. The van der Waals surface area contributed by atoms with Crippen LogP contribution in [0.2, 0.25) is 0 Å². The van der Waals surface area contributed by atoms with Crippen LogP contribution >= 0.6 is 0 Å². The van der Waals surface area contributed by atoms with E-state index in [0.29, 0.717) is 37.2 Å². The van der Waals surface area contributed by atoms with Gasteiger partial charge in [-0.15, -0.1) is 0 Å². The van der Waals surface area contributed by atoms with Crippen molar-refractivity contribution in [2.45, 2.75) is 25.6 Å². The number of alkyl halides is 3. The highest BCUT2D eigenvalue weighted by Crippen LogP contribution is 2.37. The van der Waals surface area contributed by atoms with Gasteiger partial charge in [-0.2, -0.15) is 13.2 Å². The number of anilines is 2. The number of nitrogens with zero attached hydrogens (tertiary/aromatic N) is 4. The molecule has 1 unspecified atom stereocenters. The SMILES string of the molecule is CCOc1ccc(N2C(=O)CC(N3CCN(c4ccc(C(F)(F)F)cc4[N+](=O)[O-])CC3)C2=O)cc1. The number of halogens is 3. The molecule has 0 aromatic heterocycles. The Balaban J connectivity index is 1.45. The van der Waals surface area contributed by atoms with Crippen LogP contribution in [0.1, 0.15) is 18.9 Å². The molecule has 186 valence electrons. The monoisotopic (exact) mass is 492 g/mol. The number of amides is 2. The minimum atomic E-state index is -4.69. The largest absolute Gasteiger partial charge is 0.494 e. The van der Waals surface area contributed by atoms with Gasteiger partial charge in [0.15, 0.2) is 0 Å². The number of piperazine rings is 1. The van der Waals surface area contributed by atoms with Gasteiger partial charge >= 0.3 is 6.18 Å². The van der Waals surface area contributed by atoms with E-state index in [1.807, 2.05) is 11.8 Å². The number of nitro groups is 1. The number of benzene rings is 2. The summed E-state index contributed by atoms with van der Waals surface area (Å²) in [6, 6.07) is 8.45. The van der Waals surface area contributed by atoms with Crippen LogP contribution in [0.3, 0.4) is 0 Å². The van der Waals surface area contributed by atoms with Crippen molar-refractivity contribution in [3.05, 3.63) is 58.1 Å². The lowest BCUT2D eigenvalue weighted by Crippen LogP contribution is -2.52. The molecule has 2 aliphatic heterocycles. The van der Waals surface area contributed by atoms with Crippen LogP contribution in [0.25, 0.3) is 0 Å². The van der Waals surface area contributed by atoms with Gasteiger partial charge in [-0.25, -0.2) is 4.90 Å². The number of carbonyl (C=O) groups excluding carboxylic acids is 2. The molecule has 0 saturated carbocycles. The molecule has 0 bridgehead atoms. The first-order valence-electron chi connectivity index (χ1n) is 11.0. The van der Waals surface area contributed by atoms with Crippen LogP contribution in [0.15, 0.2) is 42.5 Å². The molecule has 0 spiro atoms. The van der Waals surface area contributed by atoms with Gasteiger partial charge in [-0.05, 0) is 43.3 Å². The minimum Gasteiger partial charge on any atom is -0.494 e. The molecule has 35 heavy (non-hydrogen) atoms. The predicted molar refractivity (Wildman–Crippen MR) is 120 cm³/mol. The maximum atomic E-state index is 13.1. The predicted octanol–water partition coefficient (Wildman–Crippen LogP) is 3.47. The Labute approximate surface area is 198 Å². The van der Waals surface area contributed by atoms with Gasteiger partial charge in [0.2, 0.25) is 5.91 Å². The molecule has 2 aromatic carbocycles. The number of carbonyl (C=O) groups is 2. The molecule has 0 N–H and O–H groups in total. The number of hydrogen-bond donors (Lipinski definition) is 0. The van der Waals surface area contributed by atoms with Crippen molar-refractivity contribution in [3.63, 3.8) is 0 Å². The first kappa shape index (κ1) is 24.5. The number of hydrogen-bond acceptors (Lipinski definition) is 7. The van der Waals surface area contributed by atoms with Gasteiger partial charge in [0.1, 0.15) is 11.4 Å². The fraction of sp³-hybridized carbons (Fsp3) is 0.391. The fourth-order valence-electron chi connectivity index (χ4n) is 4.42. The summed E-state index contributed by atoms with van der Waals surface area (Å²) in [5.41, 5.74) is -1.17. The lowest BCUT2D eigenvalue weighted by Gasteiger charge is -2.37. The Kier molecular flexibility index (Phi) is 6.66. The van der Waals surface area contributed by atoms with E-state index in [-0.39, 0.29) is 37.0 Å². The third-order valence-corrected chi connectivity index (χ3v) is 6.12. The quantitative estimate of drug-likeness (QED) is 0.346. The average Bonchev–Trinajstić information content (AvgIpc) is 3.12. The van der Waals surface area contributed by atoms with E-state index in [2.05, 4.69) is 0 Å². The van der Waals surface area contributed by atoms with E-state index in [9.17, 15) is 32.9 Å². The first-order valence-corrected chi connectivity index (χ1v) is 11.0. The zero-order valence-electron chi connectivity index (χ0n) is 18.8. The molecule has 0 radical (unpaired) electrons. The van der Waals surface area contributed by atoms with Crippen molar-refractivity contribution < 1.29 is 32.4 Å². The summed E-state index contributed by atoms with van der Waals surface area (Å²) in [6.45, 7) is 3.49. The average molecular weight is 492 g/mol. The minimum absolute atomic E-state index is 0.00642. The standard InChI is InChI=1S/C23H23F3N4O5/c1-2-35-17-6-4-16(5-7-17)29-21(31)14-20(22(29)32)28-11-9-27(10-12-28)18-8-3-15(23(24,25)26)13-19(18)30(33)34/h3-8,13,20H,2,9-12,14H2,1H3. The highest BCUT2D eigenvalue weighted by atomic mass is 19.4. The van der Waals surface area contributed by atoms with Crippen molar-refractivity contribution in [2.24, 2.45) is 0 Å². The molecule has 1 atom stereocenters. The second-order valence-corrected chi connectivity index (χ2v) is 8.20. The van der Waals surface area contributed by atoms with E-state index in [0.717, 1.165) is 17.0 Å². The van der Waals surface area contributed by atoms with Gasteiger partial charge in [0.05, 0.1) is 35.2 Å². The highest BCUT2D eigenvalue weighted by Gasteiger charge is 2.43. The van der Waals surface area contributed by atoms with Crippen molar-refractivity contribution in [2.75, 3.05) is 42.6 Å². The molecule has 2 amide bonds. The van der Waals surface area contributed by atoms with Gasteiger partial charge in [0, 0.05) is 32.2 Å². The molecule has 2 fully saturated rings. The van der Waals surface area contributed by atoms with E-state index >= 15 is 0 Å². The van der Waals surface area contributed by atoms with E-state index < -0.39 is 28.4 Å². The summed E-state index contributed by atoms with van der Waals surface area (Å²) in [5, 5.41) is 11.4. The maximum Gasteiger partial charge on any atom is 0.416 e.